The molecule has 30 heavy (non-hydrogen) atoms. The number of carbonyl (C=O) groups is 2. The quantitative estimate of drug-likeness (QED) is 0.736. The molecular weight excluding hydrogens is 429 g/mol. The average molecular weight is 450 g/mol. The van der Waals surface area contributed by atoms with Crippen molar-refractivity contribution >= 4 is 35.2 Å². The Morgan fingerprint density at radius 1 is 1.30 bits per heavy atom. The Labute approximate surface area is 183 Å². The van der Waals surface area contributed by atoms with Crippen molar-refractivity contribution in [1.82, 2.24) is 14.8 Å². The Morgan fingerprint density at radius 2 is 2.07 bits per heavy atom. The molecule has 7 nitrogen and oxygen atoms in total. The molecular formula is C21H21Cl2N3O4. The molecule has 4 rings (SSSR count). The molecule has 1 aromatic heterocycles. The molecule has 1 atom stereocenters. The Bertz CT molecular complexity index is 1040. The number of likely N-dealkylation sites (tertiary alicyclic amines) is 1. The van der Waals surface area contributed by atoms with Gasteiger partial charge in [0.25, 0.3) is 5.91 Å². The van der Waals surface area contributed by atoms with Crippen LogP contribution in [-0.4, -0.2) is 56.1 Å². The van der Waals surface area contributed by atoms with Gasteiger partial charge in [0.05, 0.1) is 30.5 Å². The lowest BCUT2D eigenvalue weighted by Crippen LogP contribution is -2.42. The fourth-order valence-corrected chi connectivity index (χ4v) is 4.92. The number of aromatic nitrogens is 1. The van der Waals surface area contributed by atoms with Gasteiger partial charge in [-0.3, -0.25) is 9.78 Å². The normalized spacial score (nSPS) is 18.3. The van der Waals surface area contributed by atoms with Gasteiger partial charge in [-0.15, -0.1) is 0 Å². The van der Waals surface area contributed by atoms with Gasteiger partial charge in [0.15, 0.2) is 0 Å². The largest absolute Gasteiger partial charge is 0.465 e. The highest BCUT2D eigenvalue weighted by Gasteiger charge is 2.38. The number of nitrogens with zero attached hydrogens (tertiary/aromatic N) is 3. The third-order valence-electron chi connectivity index (χ3n) is 5.83. The number of carbonyl (C=O) groups excluding carboxylic acids is 1. The fraction of sp³-hybridized carbons (Fsp3) is 0.381. The van der Waals surface area contributed by atoms with Crippen LogP contribution in [0.1, 0.15) is 40.2 Å². The zero-order valence-corrected chi connectivity index (χ0v) is 17.9. The third-order valence-corrected chi connectivity index (χ3v) is 6.38. The summed E-state index contributed by atoms with van der Waals surface area (Å²) in [6, 6.07) is 4.79. The summed E-state index contributed by atoms with van der Waals surface area (Å²) in [5.74, 6) is -0.231. The number of aliphatic hydroxyl groups excluding tert-OH is 1. The van der Waals surface area contributed by atoms with Crippen LogP contribution in [0.25, 0.3) is 11.1 Å². The first-order valence-electron chi connectivity index (χ1n) is 9.69. The molecule has 158 valence electrons. The van der Waals surface area contributed by atoms with Crippen molar-refractivity contribution in [2.75, 3.05) is 13.1 Å². The number of hydrogen-bond acceptors (Lipinski definition) is 4. The highest BCUT2D eigenvalue weighted by Crippen LogP contribution is 2.40. The number of fused-ring (bicyclic) bond motifs is 1. The molecule has 0 spiro atoms. The Kier molecular flexibility index (Phi) is 5.61. The number of hydrogen-bond donors (Lipinski definition) is 2. The molecule has 0 saturated carbocycles. The molecule has 2 amide bonds. The number of benzene rings is 1. The van der Waals surface area contributed by atoms with E-state index >= 15 is 0 Å². The van der Waals surface area contributed by atoms with Gasteiger partial charge in [0.2, 0.25) is 0 Å². The first kappa shape index (κ1) is 20.9. The maximum Gasteiger partial charge on any atom is 0.407 e. The SMILES string of the molecule is Cc1nc2c(c(-c3ccc(Cl)cc3Cl)c1CO)C(=O)N(CC1CCCN1C(=O)O)C2. The molecule has 0 radical (unpaired) electrons. The lowest BCUT2D eigenvalue weighted by atomic mass is 9.93. The minimum atomic E-state index is -0.966. The second kappa shape index (κ2) is 8.06. The van der Waals surface area contributed by atoms with Crippen LogP contribution < -0.4 is 0 Å². The molecule has 2 N–H and O–H groups in total. The molecule has 0 aliphatic carbocycles. The highest BCUT2D eigenvalue weighted by atomic mass is 35.5. The number of amides is 2. The van der Waals surface area contributed by atoms with Gasteiger partial charge in [0.1, 0.15) is 0 Å². The molecule has 1 saturated heterocycles. The van der Waals surface area contributed by atoms with E-state index < -0.39 is 6.09 Å². The second-order valence-corrected chi connectivity index (χ2v) is 8.46. The molecule has 0 bridgehead atoms. The van der Waals surface area contributed by atoms with Crippen molar-refractivity contribution in [3.63, 3.8) is 0 Å². The molecule has 1 fully saturated rings. The minimum Gasteiger partial charge on any atom is -0.465 e. The first-order chi connectivity index (χ1) is 14.3. The zero-order valence-electron chi connectivity index (χ0n) is 16.4. The summed E-state index contributed by atoms with van der Waals surface area (Å²) in [5, 5.41) is 20.3. The molecule has 2 aromatic rings. The van der Waals surface area contributed by atoms with Gasteiger partial charge in [0, 0.05) is 45.5 Å². The Hall–Kier alpha value is -2.35. The molecule has 2 aliphatic rings. The molecule has 1 aromatic carbocycles. The number of halogens is 2. The van der Waals surface area contributed by atoms with Crippen molar-refractivity contribution in [3.8, 4) is 11.1 Å². The predicted octanol–water partition coefficient (Wildman–Crippen LogP) is 3.95. The van der Waals surface area contributed by atoms with Crippen molar-refractivity contribution in [2.24, 2.45) is 0 Å². The van der Waals surface area contributed by atoms with Crippen molar-refractivity contribution in [1.29, 1.82) is 0 Å². The maximum atomic E-state index is 13.4. The van der Waals surface area contributed by atoms with Crippen LogP contribution >= 0.6 is 23.2 Å². The Balaban J connectivity index is 1.76. The summed E-state index contributed by atoms with van der Waals surface area (Å²) in [6.45, 7) is 2.58. The molecule has 2 aliphatic heterocycles. The van der Waals surface area contributed by atoms with Crippen LogP contribution in [0.4, 0.5) is 4.79 Å². The standard InChI is InChI=1S/C21H21Cl2N3O4/c1-11-15(10-27)18(14-5-4-12(22)7-16(14)23)19-17(24-11)9-25(20(19)28)8-13-3-2-6-26(13)21(29)30/h4-5,7,13,27H,2-3,6,8-10H2,1H3,(H,29,30). The van der Waals surface area contributed by atoms with E-state index in [1.165, 1.54) is 4.90 Å². The summed E-state index contributed by atoms with van der Waals surface area (Å²) >= 11 is 12.5. The fourth-order valence-electron chi connectivity index (χ4n) is 4.42. The van der Waals surface area contributed by atoms with Crippen LogP contribution in [0.3, 0.4) is 0 Å². The number of aryl methyl sites for hydroxylation is 1. The van der Waals surface area contributed by atoms with Gasteiger partial charge < -0.3 is 20.0 Å². The van der Waals surface area contributed by atoms with E-state index in [1.54, 1.807) is 30.0 Å². The van der Waals surface area contributed by atoms with Crippen LogP contribution in [0.5, 0.6) is 0 Å². The predicted molar refractivity (Wildman–Crippen MR) is 113 cm³/mol. The average Bonchev–Trinajstić information content (AvgIpc) is 3.26. The maximum absolute atomic E-state index is 13.4. The lowest BCUT2D eigenvalue weighted by Gasteiger charge is -2.26. The summed E-state index contributed by atoms with van der Waals surface area (Å²) < 4.78 is 0. The summed E-state index contributed by atoms with van der Waals surface area (Å²) in [7, 11) is 0. The van der Waals surface area contributed by atoms with Crippen LogP contribution in [-0.2, 0) is 13.2 Å². The first-order valence-corrected chi connectivity index (χ1v) is 10.4. The van der Waals surface area contributed by atoms with Gasteiger partial charge in [-0.2, -0.15) is 0 Å². The van der Waals surface area contributed by atoms with E-state index in [2.05, 4.69) is 4.98 Å². The van der Waals surface area contributed by atoms with Crippen molar-refractivity contribution < 1.29 is 19.8 Å². The molecule has 3 heterocycles. The summed E-state index contributed by atoms with van der Waals surface area (Å²) in [5.41, 5.74) is 3.36. The van der Waals surface area contributed by atoms with Crippen molar-refractivity contribution in [2.45, 2.75) is 39.0 Å². The van der Waals surface area contributed by atoms with E-state index in [0.717, 1.165) is 12.8 Å². The van der Waals surface area contributed by atoms with E-state index in [9.17, 15) is 19.8 Å². The number of aliphatic hydroxyl groups is 1. The number of pyridine rings is 1. The van der Waals surface area contributed by atoms with Gasteiger partial charge in [-0.1, -0.05) is 29.3 Å². The molecule has 9 heteroatoms. The highest BCUT2D eigenvalue weighted by molar-refractivity contribution is 6.36. The van der Waals surface area contributed by atoms with E-state index in [0.29, 0.717) is 63.3 Å². The van der Waals surface area contributed by atoms with E-state index in [-0.39, 0.29) is 18.6 Å². The van der Waals surface area contributed by atoms with E-state index in [1.807, 2.05) is 0 Å². The van der Waals surface area contributed by atoms with Gasteiger partial charge in [-0.05, 0) is 31.9 Å². The van der Waals surface area contributed by atoms with E-state index in [4.69, 9.17) is 23.2 Å². The van der Waals surface area contributed by atoms with Gasteiger partial charge in [-0.25, -0.2) is 4.79 Å². The summed E-state index contributed by atoms with van der Waals surface area (Å²) in [4.78, 5) is 32.5. The topological polar surface area (TPSA) is 94.0 Å². The van der Waals surface area contributed by atoms with Crippen LogP contribution in [0.2, 0.25) is 10.0 Å². The zero-order chi connectivity index (χ0) is 21.6. The van der Waals surface area contributed by atoms with Crippen LogP contribution in [0, 0.1) is 6.92 Å². The van der Waals surface area contributed by atoms with Crippen LogP contribution in [0.15, 0.2) is 18.2 Å². The second-order valence-electron chi connectivity index (χ2n) is 7.61. The monoisotopic (exact) mass is 449 g/mol. The molecule has 1 unspecified atom stereocenters. The van der Waals surface area contributed by atoms with Crippen molar-refractivity contribution in [3.05, 3.63) is 50.8 Å². The lowest BCUT2D eigenvalue weighted by molar-refractivity contribution is 0.0720. The number of carboxylic acid groups (broad SMARTS) is 1. The Morgan fingerprint density at radius 3 is 2.73 bits per heavy atom. The minimum absolute atomic E-state index is 0.231. The number of rotatable bonds is 4. The summed E-state index contributed by atoms with van der Waals surface area (Å²) in [6.07, 6.45) is 0.534. The van der Waals surface area contributed by atoms with Gasteiger partial charge >= 0.3 is 6.09 Å². The smallest absolute Gasteiger partial charge is 0.407 e. The third kappa shape index (κ3) is 3.51.